The lowest BCUT2D eigenvalue weighted by Gasteiger charge is -2.27. The summed E-state index contributed by atoms with van der Waals surface area (Å²) < 4.78 is 13.8. The van der Waals surface area contributed by atoms with Crippen molar-refractivity contribution in [1.82, 2.24) is 10.2 Å². The minimum absolute atomic E-state index is 0.0942. The predicted molar refractivity (Wildman–Crippen MR) is 95.4 cm³/mol. The Morgan fingerprint density at radius 2 is 1.64 bits per heavy atom. The van der Waals surface area contributed by atoms with Crippen molar-refractivity contribution in [2.24, 2.45) is 5.92 Å². The van der Waals surface area contributed by atoms with E-state index in [1.54, 1.807) is 49.5 Å². The van der Waals surface area contributed by atoms with Gasteiger partial charge in [-0.15, -0.1) is 0 Å². The summed E-state index contributed by atoms with van der Waals surface area (Å²) in [6, 6.07) is 14.4. The summed E-state index contributed by atoms with van der Waals surface area (Å²) in [5.41, 5.74) is 0.938. The normalized spacial score (nSPS) is 11.9. The van der Waals surface area contributed by atoms with E-state index in [1.807, 2.05) is 19.9 Å². The number of carbonyl (C=O) groups excluding carboxylic acids is 2. The molecule has 2 amide bonds. The number of nitrogens with zero attached hydrogens (tertiary/aromatic N) is 1. The highest BCUT2D eigenvalue weighted by atomic mass is 19.1. The van der Waals surface area contributed by atoms with E-state index in [0.29, 0.717) is 11.1 Å². The second-order valence-electron chi connectivity index (χ2n) is 6.35. The van der Waals surface area contributed by atoms with E-state index in [-0.39, 0.29) is 30.1 Å². The summed E-state index contributed by atoms with van der Waals surface area (Å²) in [6.07, 6.45) is 0. The first-order valence-corrected chi connectivity index (χ1v) is 8.24. The molecule has 0 fully saturated rings. The molecule has 0 saturated carbocycles. The van der Waals surface area contributed by atoms with Crippen molar-refractivity contribution in [3.05, 3.63) is 71.5 Å². The zero-order chi connectivity index (χ0) is 18.4. The molecule has 5 heteroatoms. The van der Waals surface area contributed by atoms with E-state index in [4.69, 9.17) is 0 Å². The molecule has 4 nitrogen and oxygen atoms in total. The Morgan fingerprint density at radius 1 is 1.04 bits per heavy atom. The zero-order valence-electron chi connectivity index (χ0n) is 14.7. The van der Waals surface area contributed by atoms with E-state index >= 15 is 0 Å². The van der Waals surface area contributed by atoms with Crippen LogP contribution in [0.5, 0.6) is 0 Å². The molecule has 0 spiro atoms. The molecule has 1 unspecified atom stereocenters. The predicted octanol–water partition coefficient (Wildman–Crippen LogP) is 3.24. The SMILES string of the molecule is CC(C)C(NC(=O)c1ccccc1)C(=O)N(C)Cc1ccccc1F. The van der Waals surface area contributed by atoms with E-state index in [0.717, 1.165) is 0 Å². The third-order valence-electron chi connectivity index (χ3n) is 4.00. The van der Waals surface area contributed by atoms with Crippen LogP contribution in [0.15, 0.2) is 54.6 Å². The van der Waals surface area contributed by atoms with Crippen LogP contribution < -0.4 is 5.32 Å². The molecule has 0 heterocycles. The van der Waals surface area contributed by atoms with Crippen molar-refractivity contribution >= 4 is 11.8 Å². The maximum Gasteiger partial charge on any atom is 0.251 e. The Morgan fingerprint density at radius 3 is 2.24 bits per heavy atom. The van der Waals surface area contributed by atoms with E-state index < -0.39 is 6.04 Å². The largest absolute Gasteiger partial charge is 0.340 e. The summed E-state index contributed by atoms with van der Waals surface area (Å²) in [5.74, 6) is -0.991. The van der Waals surface area contributed by atoms with Gasteiger partial charge in [-0.3, -0.25) is 9.59 Å². The minimum atomic E-state index is -0.676. The summed E-state index contributed by atoms with van der Waals surface area (Å²) in [7, 11) is 1.61. The average Bonchev–Trinajstić information content (AvgIpc) is 2.61. The van der Waals surface area contributed by atoms with Crippen LogP contribution in [-0.2, 0) is 11.3 Å². The van der Waals surface area contributed by atoms with E-state index in [1.165, 1.54) is 11.0 Å². The first kappa shape index (κ1) is 18.6. The molecule has 0 saturated heterocycles. The summed E-state index contributed by atoms with van der Waals surface area (Å²) >= 11 is 0. The maximum atomic E-state index is 13.8. The standard InChI is InChI=1S/C20H23FN2O2/c1-14(2)18(22-19(24)15-9-5-4-6-10-15)20(25)23(3)13-16-11-7-8-12-17(16)21/h4-12,14,18H,13H2,1-3H3,(H,22,24). The van der Waals surface area contributed by atoms with E-state index in [9.17, 15) is 14.0 Å². The second-order valence-corrected chi connectivity index (χ2v) is 6.35. The molecule has 1 N–H and O–H groups in total. The molecule has 0 bridgehead atoms. The van der Waals surface area contributed by atoms with Gasteiger partial charge in [0.05, 0.1) is 0 Å². The molecule has 0 radical (unpaired) electrons. The number of hydrogen-bond donors (Lipinski definition) is 1. The highest BCUT2D eigenvalue weighted by Gasteiger charge is 2.27. The van der Waals surface area contributed by atoms with Gasteiger partial charge in [-0.1, -0.05) is 50.2 Å². The molecular weight excluding hydrogens is 319 g/mol. The Balaban J connectivity index is 2.09. The molecule has 0 aliphatic heterocycles. The van der Waals surface area contributed by atoms with Crippen molar-refractivity contribution in [1.29, 1.82) is 0 Å². The van der Waals surface area contributed by atoms with E-state index in [2.05, 4.69) is 5.32 Å². The third kappa shape index (κ3) is 4.89. The lowest BCUT2D eigenvalue weighted by Crippen LogP contribution is -2.50. The number of hydrogen-bond acceptors (Lipinski definition) is 2. The van der Waals surface area contributed by atoms with Crippen LogP contribution >= 0.6 is 0 Å². The molecule has 0 aliphatic rings. The van der Waals surface area contributed by atoms with Crippen molar-refractivity contribution < 1.29 is 14.0 Å². The van der Waals surface area contributed by atoms with Gasteiger partial charge in [0.1, 0.15) is 11.9 Å². The number of benzene rings is 2. The van der Waals surface area contributed by atoms with Crippen molar-refractivity contribution in [3.8, 4) is 0 Å². The summed E-state index contributed by atoms with van der Waals surface area (Å²) in [5, 5.41) is 2.79. The van der Waals surface area contributed by atoms with Crippen LogP contribution in [0.4, 0.5) is 4.39 Å². The molecule has 25 heavy (non-hydrogen) atoms. The molecule has 1 atom stereocenters. The van der Waals surface area contributed by atoms with Gasteiger partial charge in [0.15, 0.2) is 0 Å². The first-order chi connectivity index (χ1) is 11.9. The fourth-order valence-electron chi connectivity index (χ4n) is 2.53. The van der Waals surface area contributed by atoms with Crippen LogP contribution in [-0.4, -0.2) is 29.8 Å². The van der Waals surface area contributed by atoms with Crippen LogP contribution in [0.3, 0.4) is 0 Å². The fourth-order valence-corrected chi connectivity index (χ4v) is 2.53. The number of rotatable bonds is 6. The zero-order valence-corrected chi connectivity index (χ0v) is 14.7. The monoisotopic (exact) mass is 342 g/mol. The lowest BCUT2D eigenvalue weighted by molar-refractivity contribution is -0.133. The van der Waals surface area contributed by atoms with Crippen LogP contribution in [0.2, 0.25) is 0 Å². The molecular formula is C20H23FN2O2. The molecule has 132 valence electrons. The number of carbonyl (C=O) groups is 2. The number of halogens is 1. The Bertz CT molecular complexity index is 731. The third-order valence-corrected chi connectivity index (χ3v) is 4.00. The van der Waals surface area contributed by atoms with Gasteiger partial charge >= 0.3 is 0 Å². The maximum absolute atomic E-state index is 13.8. The number of amides is 2. The van der Waals surface area contributed by atoms with Crippen LogP contribution in [0.25, 0.3) is 0 Å². The summed E-state index contributed by atoms with van der Waals surface area (Å²) in [4.78, 5) is 26.6. The van der Waals surface area contributed by atoms with Gasteiger partial charge < -0.3 is 10.2 Å². The van der Waals surface area contributed by atoms with Gasteiger partial charge in [0, 0.05) is 24.7 Å². The van der Waals surface area contributed by atoms with Gasteiger partial charge in [0.25, 0.3) is 5.91 Å². The smallest absolute Gasteiger partial charge is 0.251 e. The molecule has 2 aromatic carbocycles. The van der Waals surface area contributed by atoms with Crippen molar-refractivity contribution in [3.63, 3.8) is 0 Å². The van der Waals surface area contributed by atoms with Gasteiger partial charge in [-0.05, 0) is 24.1 Å². The topological polar surface area (TPSA) is 49.4 Å². The Kier molecular flexibility index (Phi) is 6.28. The minimum Gasteiger partial charge on any atom is -0.340 e. The van der Waals surface area contributed by atoms with Crippen LogP contribution in [0.1, 0.15) is 29.8 Å². The quantitative estimate of drug-likeness (QED) is 0.876. The average molecular weight is 342 g/mol. The second kappa shape index (κ2) is 8.42. The highest BCUT2D eigenvalue weighted by Crippen LogP contribution is 2.13. The number of nitrogens with one attached hydrogen (secondary N) is 1. The molecule has 2 aromatic rings. The molecule has 0 aliphatic carbocycles. The van der Waals surface area contributed by atoms with Gasteiger partial charge in [-0.25, -0.2) is 4.39 Å². The van der Waals surface area contributed by atoms with Gasteiger partial charge in [0.2, 0.25) is 5.91 Å². The lowest BCUT2D eigenvalue weighted by atomic mass is 10.0. The molecule has 0 aromatic heterocycles. The van der Waals surface area contributed by atoms with Crippen molar-refractivity contribution in [2.45, 2.75) is 26.4 Å². The summed E-state index contributed by atoms with van der Waals surface area (Å²) in [6.45, 7) is 3.88. The Hall–Kier alpha value is -2.69. The fraction of sp³-hybridized carbons (Fsp3) is 0.300. The first-order valence-electron chi connectivity index (χ1n) is 8.24. The van der Waals surface area contributed by atoms with Crippen LogP contribution in [0, 0.1) is 11.7 Å². The van der Waals surface area contributed by atoms with Crippen molar-refractivity contribution in [2.75, 3.05) is 7.05 Å². The van der Waals surface area contributed by atoms with Gasteiger partial charge in [-0.2, -0.15) is 0 Å². The molecule has 2 rings (SSSR count). The number of likely N-dealkylation sites (N-methyl/N-ethyl adjacent to an activating group) is 1. The Labute approximate surface area is 147 Å². The highest BCUT2D eigenvalue weighted by molar-refractivity contribution is 5.97.